The summed E-state index contributed by atoms with van der Waals surface area (Å²) in [7, 11) is 0. The van der Waals surface area contributed by atoms with Gasteiger partial charge in [-0.1, -0.05) is 0 Å². The highest BCUT2D eigenvalue weighted by molar-refractivity contribution is 6.17. The molecule has 8 nitrogen and oxygen atoms in total. The van der Waals surface area contributed by atoms with Gasteiger partial charge in [0.1, 0.15) is 5.70 Å². The van der Waals surface area contributed by atoms with Crippen LogP contribution in [-0.2, 0) is 14.4 Å². The van der Waals surface area contributed by atoms with Crippen LogP contribution in [0.3, 0.4) is 0 Å². The Labute approximate surface area is 138 Å². The molecule has 0 fully saturated rings. The number of hydrogen-bond acceptors (Lipinski definition) is 6. The number of carbonyl (C=O) groups excluding carboxylic acids is 3. The highest BCUT2D eigenvalue weighted by atomic mass is 16.3. The number of nitrogens with zero attached hydrogens (tertiary/aromatic N) is 3. The van der Waals surface area contributed by atoms with Crippen LogP contribution >= 0.6 is 0 Å². The summed E-state index contributed by atoms with van der Waals surface area (Å²) in [5, 5.41) is 17.3. The molecule has 3 amide bonds. The number of benzene rings is 1. The summed E-state index contributed by atoms with van der Waals surface area (Å²) < 4.78 is 0. The van der Waals surface area contributed by atoms with E-state index in [4.69, 9.17) is 5.11 Å². The molecule has 0 spiro atoms. The van der Waals surface area contributed by atoms with Crippen LogP contribution in [0.25, 0.3) is 0 Å². The molecule has 0 radical (unpaired) electrons. The number of imide groups is 1. The summed E-state index contributed by atoms with van der Waals surface area (Å²) in [5.41, 5.74) is 2.13. The molecule has 24 heavy (non-hydrogen) atoms. The van der Waals surface area contributed by atoms with Gasteiger partial charge in [0.2, 0.25) is 0 Å². The average molecular weight is 328 g/mol. The lowest BCUT2D eigenvalue weighted by atomic mass is 10.2. The van der Waals surface area contributed by atoms with Gasteiger partial charge < -0.3 is 10.4 Å². The number of anilines is 2. The van der Waals surface area contributed by atoms with Crippen LogP contribution < -0.4 is 10.3 Å². The predicted molar refractivity (Wildman–Crippen MR) is 87.2 cm³/mol. The molecule has 0 saturated carbocycles. The topological polar surface area (TPSA) is 102 Å². The molecule has 2 aliphatic rings. The number of aliphatic hydroxyl groups excluding tert-OH is 1. The molecule has 124 valence electrons. The van der Waals surface area contributed by atoms with Crippen molar-refractivity contribution in [3.63, 3.8) is 0 Å². The minimum absolute atomic E-state index is 0.0350. The molecule has 0 aliphatic carbocycles. The lowest BCUT2D eigenvalue weighted by molar-refractivity contribution is -0.137. The Morgan fingerprint density at radius 2 is 1.92 bits per heavy atom. The van der Waals surface area contributed by atoms with E-state index >= 15 is 0 Å². The van der Waals surface area contributed by atoms with Crippen LogP contribution in [-0.4, -0.2) is 46.6 Å². The van der Waals surface area contributed by atoms with Crippen LogP contribution in [0.15, 0.2) is 41.1 Å². The number of aliphatic hydroxyl groups is 1. The van der Waals surface area contributed by atoms with Crippen LogP contribution in [0.1, 0.15) is 13.3 Å². The van der Waals surface area contributed by atoms with Gasteiger partial charge in [0.05, 0.1) is 25.3 Å². The van der Waals surface area contributed by atoms with Gasteiger partial charge in [-0.25, -0.2) is 5.01 Å². The fraction of sp³-hybridized carbons (Fsp3) is 0.250. The first-order chi connectivity index (χ1) is 11.5. The van der Waals surface area contributed by atoms with Crippen LogP contribution in [0, 0.1) is 0 Å². The molecule has 1 aromatic carbocycles. The summed E-state index contributed by atoms with van der Waals surface area (Å²) in [5.74, 6) is -1.03. The predicted octanol–water partition coefficient (Wildman–Crippen LogP) is 0.456. The van der Waals surface area contributed by atoms with E-state index in [1.165, 1.54) is 11.1 Å². The van der Waals surface area contributed by atoms with Crippen molar-refractivity contribution in [3.05, 3.63) is 36.0 Å². The van der Waals surface area contributed by atoms with E-state index in [1.54, 1.807) is 31.2 Å². The second kappa shape index (κ2) is 6.25. The molecular weight excluding hydrogens is 312 g/mol. The molecule has 2 aliphatic heterocycles. The fourth-order valence-electron chi connectivity index (χ4n) is 2.51. The van der Waals surface area contributed by atoms with E-state index in [9.17, 15) is 14.4 Å². The molecule has 2 N–H and O–H groups in total. The molecule has 3 rings (SSSR count). The summed E-state index contributed by atoms with van der Waals surface area (Å²) in [6.07, 6.45) is 1.51. The number of hydrogen-bond donors (Lipinski definition) is 2. The van der Waals surface area contributed by atoms with E-state index in [-0.39, 0.29) is 24.8 Å². The second-order valence-electron chi connectivity index (χ2n) is 5.47. The number of nitrogens with one attached hydrogen (secondary N) is 1. The monoisotopic (exact) mass is 328 g/mol. The van der Waals surface area contributed by atoms with Crippen molar-refractivity contribution in [2.45, 2.75) is 13.3 Å². The Bertz CT molecular complexity index is 767. The summed E-state index contributed by atoms with van der Waals surface area (Å²) in [4.78, 5) is 36.5. The minimum Gasteiger partial charge on any atom is -0.395 e. The first kappa shape index (κ1) is 15.9. The maximum absolute atomic E-state index is 12.1. The second-order valence-corrected chi connectivity index (χ2v) is 5.47. The van der Waals surface area contributed by atoms with Crippen LogP contribution in [0.4, 0.5) is 11.4 Å². The maximum Gasteiger partial charge on any atom is 0.277 e. The number of β-amino-alcohol motifs (C(OH)–C–C–N with tert-alkyl or cyclic N) is 1. The number of amides is 3. The maximum atomic E-state index is 12.1. The summed E-state index contributed by atoms with van der Waals surface area (Å²) >= 11 is 0. The van der Waals surface area contributed by atoms with Gasteiger partial charge in [-0.3, -0.25) is 19.3 Å². The van der Waals surface area contributed by atoms with E-state index in [1.807, 2.05) is 0 Å². The zero-order chi connectivity index (χ0) is 17.3. The van der Waals surface area contributed by atoms with Crippen molar-refractivity contribution in [3.8, 4) is 0 Å². The van der Waals surface area contributed by atoms with Crippen molar-refractivity contribution < 1.29 is 19.5 Å². The fourth-order valence-corrected chi connectivity index (χ4v) is 2.51. The normalized spacial score (nSPS) is 17.5. The third-order valence-corrected chi connectivity index (χ3v) is 3.64. The van der Waals surface area contributed by atoms with Crippen LogP contribution in [0.2, 0.25) is 0 Å². The molecule has 0 unspecified atom stereocenters. The summed E-state index contributed by atoms with van der Waals surface area (Å²) in [6.45, 7) is 1.48. The Morgan fingerprint density at radius 1 is 1.21 bits per heavy atom. The smallest absolute Gasteiger partial charge is 0.277 e. The molecule has 8 heteroatoms. The number of hydrazone groups is 1. The third-order valence-electron chi connectivity index (χ3n) is 3.64. The van der Waals surface area contributed by atoms with Gasteiger partial charge in [-0.15, -0.1) is 0 Å². The van der Waals surface area contributed by atoms with Gasteiger partial charge in [-0.2, -0.15) is 5.10 Å². The van der Waals surface area contributed by atoms with Crippen LogP contribution in [0.5, 0.6) is 0 Å². The Morgan fingerprint density at radius 3 is 2.50 bits per heavy atom. The van der Waals surface area contributed by atoms with E-state index in [0.717, 1.165) is 10.6 Å². The van der Waals surface area contributed by atoms with E-state index < -0.39 is 11.8 Å². The average Bonchev–Trinajstić information content (AvgIpc) is 3.02. The minimum atomic E-state index is -0.479. The van der Waals surface area contributed by atoms with Crippen molar-refractivity contribution in [1.82, 2.24) is 4.90 Å². The van der Waals surface area contributed by atoms with Gasteiger partial charge in [0, 0.05) is 17.5 Å². The number of rotatable bonds is 5. The highest BCUT2D eigenvalue weighted by Gasteiger charge is 2.30. The molecule has 0 atom stereocenters. The molecular formula is C16H16N4O4. The van der Waals surface area contributed by atoms with Crippen molar-refractivity contribution >= 4 is 34.8 Å². The summed E-state index contributed by atoms with van der Waals surface area (Å²) in [6, 6.07) is 6.80. The Kier molecular flexibility index (Phi) is 4.13. The van der Waals surface area contributed by atoms with E-state index in [0.29, 0.717) is 17.8 Å². The van der Waals surface area contributed by atoms with Gasteiger partial charge in [-0.05, 0) is 31.2 Å². The standard InChI is InChI=1S/C16H16N4O4/c1-10-8-15(23)20(18-10)12-4-2-11(3-5-12)17-13-9-14(22)19(6-7-21)16(13)24/h2-5,9,17,21H,6-8H2,1H3. The molecule has 0 bridgehead atoms. The quantitative estimate of drug-likeness (QED) is 0.764. The zero-order valence-electron chi connectivity index (χ0n) is 13.0. The number of carbonyl (C=O) groups is 3. The van der Waals surface area contributed by atoms with Gasteiger partial charge in [0.15, 0.2) is 0 Å². The van der Waals surface area contributed by atoms with Gasteiger partial charge >= 0.3 is 0 Å². The lowest BCUT2D eigenvalue weighted by Crippen LogP contribution is -2.34. The lowest BCUT2D eigenvalue weighted by Gasteiger charge is -2.14. The van der Waals surface area contributed by atoms with Gasteiger partial charge in [0.25, 0.3) is 17.7 Å². The van der Waals surface area contributed by atoms with Crippen molar-refractivity contribution in [1.29, 1.82) is 0 Å². The highest BCUT2D eigenvalue weighted by Crippen LogP contribution is 2.24. The van der Waals surface area contributed by atoms with Crippen molar-refractivity contribution in [2.75, 3.05) is 23.5 Å². The zero-order valence-corrected chi connectivity index (χ0v) is 13.0. The first-order valence-corrected chi connectivity index (χ1v) is 7.42. The van der Waals surface area contributed by atoms with E-state index in [2.05, 4.69) is 10.4 Å². The SMILES string of the molecule is CC1=NN(c2ccc(NC3=CC(=O)N(CCO)C3=O)cc2)C(=O)C1. The first-order valence-electron chi connectivity index (χ1n) is 7.42. The van der Waals surface area contributed by atoms with Crippen molar-refractivity contribution in [2.24, 2.45) is 5.10 Å². The Hall–Kier alpha value is -3.00. The third kappa shape index (κ3) is 2.91. The molecule has 1 aromatic rings. The molecule has 2 heterocycles. The molecule has 0 aromatic heterocycles. The molecule has 0 saturated heterocycles. The Balaban J connectivity index is 1.71. The largest absolute Gasteiger partial charge is 0.395 e.